The summed E-state index contributed by atoms with van der Waals surface area (Å²) in [6.45, 7) is 0. The smallest absolute Gasteiger partial charge is 0.0411 e. The highest BCUT2D eigenvalue weighted by Gasteiger charge is 1.98. The fraction of sp³-hybridized carbons (Fsp3) is 0. The molecular weight excluding hydrogens is 294 g/mol. The van der Waals surface area contributed by atoms with Crippen molar-refractivity contribution in [3.8, 4) is 0 Å². The maximum Gasteiger partial charge on any atom is 0.0411 e. The van der Waals surface area contributed by atoms with Gasteiger partial charge >= 0.3 is 0 Å². The first kappa shape index (κ1) is 11.0. The fourth-order valence-corrected chi connectivity index (χ4v) is 2.57. The third kappa shape index (κ3) is 3.23. The van der Waals surface area contributed by atoms with Crippen LogP contribution in [0.3, 0.4) is 0 Å². The van der Waals surface area contributed by atoms with Crippen LogP contribution in [-0.4, -0.2) is 4.98 Å². The number of hydrogen-bond acceptors (Lipinski definition) is 2. The van der Waals surface area contributed by atoms with Gasteiger partial charge < -0.3 is 0 Å². The molecule has 0 spiro atoms. The summed E-state index contributed by atoms with van der Waals surface area (Å²) in [5, 5.41) is 0.756. The van der Waals surface area contributed by atoms with Crippen molar-refractivity contribution in [3.05, 3.63) is 52.2 Å². The molecule has 1 heterocycles. The largest absolute Gasteiger partial charge is 0.262 e. The van der Waals surface area contributed by atoms with Gasteiger partial charge in [-0.1, -0.05) is 23.4 Å². The third-order valence-corrected chi connectivity index (χ3v) is 3.38. The standard InChI is InChI=1S/C11H7BrClNS/c12-8-5-11(7-14-6-8)15-10-3-1-9(13)2-4-10/h1-7H. The van der Waals surface area contributed by atoms with E-state index in [2.05, 4.69) is 20.9 Å². The van der Waals surface area contributed by atoms with Crippen molar-refractivity contribution in [3.63, 3.8) is 0 Å². The molecule has 0 saturated carbocycles. The lowest BCUT2D eigenvalue weighted by atomic mass is 10.4. The number of benzene rings is 1. The molecule has 4 heteroatoms. The second-order valence-electron chi connectivity index (χ2n) is 2.89. The average molecular weight is 301 g/mol. The molecule has 0 radical (unpaired) electrons. The minimum atomic E-state index is 0.756. The number of nitrogens with zero attached hydrogens (tertiary/aromatic N) is 1. The van der Waals surface area contributed by atoms with E-state index >= 15 is 0 Å². The molecule has 0 N–H and O–H groups in total. The van der Waals surface area contributed by atoms with Crippen molar-refractivity contribution in [1.29, 1.82) is 0 Å². The van der Waals surface area contributed by atoms with Crippen LogP contribution in [0.5, 0.6) is 0 Å². The highest BCUT2D eigenvalue weighted by molar-refractivity contribution is 9.10. The number of rotatable bonds is 2. The molecule has 0 amide bonds. The van der Waals surface area contributed by atoms with E-state index < -0.39 is 0 Å². The highest BCUT2D eigenvalue weighted by atomic mass is 79.9. The lowest BCUT2D eigenvalue weighted by molar-refractivity contribution is 1.22. The molecule has 0 unspecified atom stereocenters. The van der Waals surface area contributed by atoms with Gasteiger partial charge in [-0.05, 0) is 46.3 Å². The Morgan fingerprint density at radius 1 is 1.07 bits per heavy atom. The van der Waals surface area contributed by atoms with Crippen molar-refractivity contribution in [2.24, 2.45) is 0 Å². The molecule has 1 aromatic heterocycles. The maximum atomic E-state index is 5.81. The van der Waals surface area contributed by atoms with Gasteiger partial charge in [0.1, 0.15) is 0 Å². The van der Waals surface area contributed by atoms with Gasteiger partial charge in [0.15, 0.2) is 0 Å². The first-order chi connectivity index (χ1) is 7.24. The first-order valence-corrected chi connectivity index (χ1v) is 6.27. The van der Waals surface area contributed by atoms with Crippen molar-refractivity contribution < 1.29 is 0 Å². The lowest BCUT2D eigenvalue weighted by Gasteiger charge is -2.01. The van der Waals surface area contributed by atoms with Crippen LogP contribution < -0.4 is 0 Å². The molecule has 0 fully saturated rings. The molecule has 2 aromatic rings. The van der Waals surface area contributed by atoms with Gasteiger partial charge in [0.2, 0.25) is 0 Å². The summed E-state index contributed by atoms with van der Waals surface area (Å²) >= 11 is 10.9. The summed E-state index contributed by atoms with van der Waals surface area (Å²) in [4.78, 5) is 6.36. The summed E-state index contributed by atoms with van der Waals surface area (Å²) < 4.78 is 0.987. The molecule has 1 nitrogen and oxygen atoms in total. The SMILES string of the molecule is Clc1ccc(Sc2cncc(Br)c2)cc1. The molecule has 1 aromatic carbocycles. The Balaban J connectivity index is 2.18. The van der Waals surface area contributed by atoms with Crippen molar-refractivity contribution in [2.75, 3.05) is 0 Å². The second-order valence-corrected chi connectivity index (χ2v) is 5.39. The average Bonchev–Trinajstić information content (AvgIpc) is 2.22. The van der Waals surface area contributed by atoms with Gasteiger partial charge in [0.25, 0.3) is 0 Å². The Kier molecular flexibility index (Phi) is 3.67. The zero-order valence-corrected chi connectivity index (χ0v) is 10.8. The van der Waals surface area contributed by atoms with E-state index in [0.717, 1.165) is 19.3 Å². The molecule has 0 atom stereocenters. The van der Waals surface area contributed by atoms with Crippen molar-refractivity contribution >= 4 is 39.3 Å². The van der Waals surface area contributed by atoms with Gasteiger partial charge in [0, 0.05) is 31.7 Å². The summed E-state index contributed by atoms with van der Waals surface area (Å²) in [7, 11) is 0. The number of hydrogen-bond donors (Lipinski definition) is 0. The molecule has 0 aliphatic rings. The van der Waals surface area contributed by atoms with E-state index in [0.29, 0.717) is 0 Å². The monoisotopic (exact) mass is 299 g/mol. The fourth-order valence-electron chi connectivity index (χ4n) is 1.09. The van der Waals surface area contributed by atoms with Gasteiger partial charge in [-0.3, -0.25) is 4.98 Å². The van der Waals surface area contributed by atoms with E-state index in [9.17, 15) is 0 Å². The summed E-state index contributed by atoms with van der Waals surface area (Å²) in [6.07, 6.45) is 3.61. The molecule has 0 aliphatic carbocycles. The van der Waals surface area contributed by atoms with Crippen molar-refractivity contribution in [2.45, 2.75) is 9.79 Å². The van der Waals surface area contributed by atoms with Crippen LogP contribution in [0.4, 0.5) is 0 Å². The predicted molar refractivity (Wildman–Crippen MR) is 67.5 cm³/mol. The summed E-state index contributed by atoms with van der Waals surface area (Å²) in [6, 6.07) is 9.79. The van der Waals surface area contributed by atoms with Gasteiger partial charge in [-0.25, -0.2) is 0 Å². The van der Waals surface area contributed by atoms with Crippen LogP contribution in [0.25, 0.3) is 0 Å². The second kappa shape index (κ2) is 5.01. The quantitative estimate of drug-likeness (QED) is 0.801. The molecule has 76 valence electrons. The van der Waals surface area contributed by atoms with E-state index in [1.807, 2.05) is 36.5 Å². The molecule has 0 saturated heterocycles. The van der Waals surface area contributed by atoms with Gasteiger partial charge in [-0.15, -0.1) is 0 Å². The summed E-state index contributed by atoms with van der Waals surface area (Å²) in [5.74, 6) is 0. The van der Waals surface area contributed by atoms with Crippen LogP contribution in [0.2, 0.25) is 5.02 Å². The lowest BCUT2D eigenvalue weighted by Crippen LogP contribution is -1.76. The van der Waals surface area contributed by atoms with E-state index in [4.69, 9.17) is 11.6 Å². The van der Waals surface area contributed by atoms with E-state index in [-0.39, 0.29) is 0 Å². The zero-order chi connectivity index (χ0) is 10.7. The predicted octanol–water partition coefficient (Wildman–Crippen LogP) is 4.65. The van der Waals surface area contributed by atoms with Crippen LogP contribution >= 0.6 is 39.3 Å². The number of aromatic nitrogens is 1. The van der Waals surface area contributed by atoms with Gasteiger partial charge in [0.05, 0.1) is 0 Å². The van der Waals surface area contributed by atoms with Crippen LogP contribution in [0.15, 0.2) is 57.0 Å². The van der Waals surface area contributed by atoms with Gasteiger partial charge in [-0.2, -0.15) is 0 Å². The molecular formula is C11H7BrClNS. The Hall–Kier alpha value is -0.510. The first-order valence-electron chi connectivity index (χ1n) is 4.28. The Morgan fingerprint density at radius 3 is 2.47 bits per heavy atom. The van der Waals surface area contributed by atoms with E-state index in [1.165, 1.54) is 0 Å². The molecule has 0 aliphatic heterocycles. The Labute approximate surface area is 106 Å². The molecule has 15 heavy (non-hydrogen) atoms. The third-order valence-electron chi connectivity index (χ3n) is 1.73. The Bertz CT molecular complexity index is 458. The van der Waals surface area contributed by atoms with E-state index in [1.54, 1.807) is 18.0 Å². The summed E-state index contributed by atoms with van der Waals surface area (Å²) in [5.41, 5.74) is 0. The minimum Gasteiger partial charge on any atom is -0.262 e. The van der Waals surface area contributed by atoms with Crippen LogP contribution in [0, 0.1) is 0 Å². The number of pyridine rings is 1. The minimum absolute atomic E-state index is 0.756. The molecule has 2 rings (SSSR count). The van der Waals surface area contributed by atoms with Crippen LogP contribution in [0.1, 0.15) is 0 Å². The maximum absolute atomic E-state index is 5.81. The zero-order valence-electron chi connectivity index (χ0n) is 7.65. The van der Waals surface area contributed by atoms with Crippen molar-refractivity contribution in [1.82, 2.24) is 4.98 Å². The Morgan fingerprint density at radius 2 is 1.80 bits per heavy atom. The molecule has 0 bridgehead atoms. The topological polar surface area (TPSA) is 12.9 Å². The van der Waals surface area contributed by atoms with Crippen LogP contribution in [-0.2, 0) is 0 Å². The highest BCUT2D eigenvalue weighted by Crippen LogP contribution is 2.29. The normalized spacial score (nSPS) is 10.3. The number of halogens is 2.